The number of nitrogens with zero attached hydrogens (tertiary/aromatic N) is 4. The zero-order valence-electron chi connectivity index (χ0n) is 15.2. The van der Waals surface area contributed by atoms with E-state index >= 15 is 0 Å². The van der Waals surface area contributed by atoms with Crippen LogP contribution in [0.2, 0.25) is 0 Å². The maximum atomic E-state index is 12.4. The third-order valence-electron chi connectivity index (χ3n) is 4.08. The highest BCUT2D eigenvalue weighted by Crippen LogP contribution is 2.21. The van der Waals surface area contributed by atoms with Crippen molar-refractivity contribution in [3.05, 3.63) is 59.7 Å². The second-order valence-corrected chi connectivity index (χ2v) is 6.16. The molecule has 0 aliphatic heterocycles. The van der Waals surface area contributed by atoms with Gasteiger partial charge in [-0.1, -0.05) is 29.4 Å². The van der Waals surface area contributed by atoms with E-state index in [4.69, 9.17) is 4.52 Å². The van der Waals surface area contributed by atoms with E-state index in [2.05, 4.69) is 25.4 Å². The van der Waals surface area contributed by atoms with Gasteiger partial charge in [-0.05, 0) is 24.1 Å². The van der Waals surface area contributed by atoms with Gasteiger partial charge in [-0.2, -0.15) is 4.98 Å². The summed E-state index contributed by atoms with van der Waals surface area (Å²) in [5, 5.41) is 15.8. The largest absolute Gasteiger partial charge is 0.481 e. The first-order valence-corrected chi connectivity index (χ1v) is 8.69. The lowest BCUT2D eigenvalue weighted by atomic mass is 9.98. The summed E-state index contributed by atoms with van der Waals surface area (Å²) in [6.45, 7) is 1.88. The van der Waals surface area contributed by atoms with Gasteiger partial charge in [0.25, 0.3) is 0 Å². The number of carbonyl (C=O) groups excluding carboxylic acids is 1. The van der Waals surface area contributed by atoms with Crippen LogP contribution in [0.15, 0.2) is 47.2 Å². The molecule has 3 aromatic rings. The Balaban J connectivity index is 1.61. The van der Waals surface area contributed by atoms with Crippen LogP contribution in [-0.2, 0) is 16.0 Å². The normalized spacial score (nSPS) is 11.8. The summed E-state index contributed by atoms with van der Waals surface area (Å²) in [4.78, 5) is 35.8. The molecule has 1 amide bonds. The molecular weight excluding hydrogens is 362 g/mol. The number of carboxylic acids is 1. The Labute approximate surface area is 160 Å². The Morgan fingerprint density at radius 1 is 1.14 bits per heavy atom. The SMILES string of the molecule is Cc1ccccc1C(CC(=O)O)NC(=O)CCc1nc(-c2ncccn2)no1. The minimum Gasteiger partial charge on any atom is -0.481 e. The van der Waals surface area contributed by atoms with Crippen molar-refractivity contribution < 1.29 is 19.2 Å². The minimum absolute atomic E-state index is 0.0826. The molecule has 0 saturated carbocycles. The molecule has 3 rings (SSSR count). The van der Waals surface area contributed by atoms with Gasteiger partial charge in [0.05, 0.1) is 12.5 Å². The molecule has 2 heterocycles. The minimum atomic E-state index is -0.988. The van der Waals surface area contributed by atoms with E-state index < -0.39 is 12.0 Å². The van der Waals surface area contributed by atoms with Gasteiger partial charge in [0, 0.05) is 25.2 Å². The van der Waals surface area contributed by atoms with Crippen molar-refractivity contribution in [3.63, 3.8) is 0 Å². The fraction of sp³-hybridized carbons (Fsp3) is 0.263. The molecule has 0 radical (unpaired) electrons. The highest BCUT2D eigenvalue weighted by atomic mass is 16.5. The Morgan fingerprint density at radius 3 is 2.61 bits per heavy atom. The topological polar surface area (TPSA) is 131 Å². The van der Waals surface area contributed by atoms with Crippen molar-refractivity contribution in [2.75, 3.05) is 0 Å². The molecule has 28 heavy (non-hydrogen) atoms. The Hall–Kier alpha value is -3.62. The number of carboxylic acid groups (broad SMARTS) is 1. The molecule has 1 unspecified atom stereocenters. The van der Waals surface area contributed by atoms with Gasteiger partial charge < -0.3 is 14.9 Å². The molecular formula is C19H19N5O4. The number of amides is 1. The predicted molar refractivity (Wildman–Crippen MR) is 98.0 cm³/mol. The van der Waals surface area contributed by atoms with Crippen LogP contribution in [0.3, 0.4) is 0 Å². The lowest BCUT2D eigenvalue weighted by molar-refractivity contribution is -0.137. The molecule has 0 aliphatic carbocycles. The van der Waals surface area contributed by atoms with Gasteiger partial charge in [0.15, 0.2) is 0 Å². The fourth-order valence-corrected chi connectivity index (χ4v) is 2.74. The van der Waals surface area contributed by atoms with Crippen molar-refractivity contribution >= 4 is 11.9 Å². The quantitative estimate of drug-likeness (QED) is 0.606. The number of aryl methyl sites for hydroxylation is 2. The molecule has 1 atom stereocenters. The van der Waals surface area contributed by atoms with E-state index in [1.165, 1.54) is 0 Å². The van der Waals surface area contributed by atoms with Crippen LogP contribution >= 0.6 is 0 Å². The fourth-order valence-electron chi connectivity index (χ4n) is 2.74. The molecule has 0 fully saturated rings. The highest BCUT2D eigenvalue weighted by molar-refractivity contribution is 5.78. The van der Waals surface area contributed by atoms with Crippen LogP contribution in [0.1, 0.15) is 35.9 Å². The number of nitrogens with one attached hydrogen (secondary N) is 1. The molecule has 9 heteroatoms. The van der Waals surface area contributed by atoms with Crippen LogP contribution in [0, 0.1) is 6.92 Å². The molecule has 1 aromatic carbocycles. The number of benzene rings is 1. The average molecular weight is 381 g/mol. The highest BCUT2D eigenvalue weighted by Gasteiger charge is 2.20. The molecule has 9 nitrogen and oxygen atoms in total. The second-order valence-electron chi connectivity index (χ2n) is 6.16. The van der Waals surface area contributed by atoms with Crippen molar-refractivity contribution in [2.45, 2.75) is 32.2 Å². The van der Waals surface area contributed by atoms with E-state index in [-0.39, 0.29) is 36.9 Å². The Morgan fingerprint density at radius 2 is 1.89 bits per heavy atom. The number of hydrogen-bond acceptors (Lipinski definition) is 7. The van der Waals surface area contributed by atoms with Gasteiger partial charge in [0.2, 0.25) is 23.4 Å². The van der Waals surface area contributed by atoms with Crippen LogP contribution in [0.5, 0.6) is 0 Å². The van der Waals surface area contributed by atoms with Crippen molar-refractivity contribution in [3.8, 4) is 11.6 Å². The van der Waals surface area contributed by atoms with E-state index in [1.807, 2.05) is 31.2 Å². The number of aliphatic carboxylic acids is 1. The lowest BCUT2D eigenvalue weighted by Gasteiger charge is -2.19. The Bertz CT molecular complexity index is 958. The molecule has 0 bridgehead atoms. The van der Waals surface area contributed by atoms with Crippen molar-refractivity contribution in [1.82, 2.24) is 25.4 Å². The van der Waals surface area contributed by atoms with Crippen LogP contribution in [0.25, 0.3) is 11.6 Å². The summed E-state index contributed by atoms with van der Waals surface area (Å²) < 4.78 is 5.13. The van der Waals surface area contributed by atoms with Gasteiger partial charge in [-0.15, -0.1) is 0 Å². The number of aromatic nitrogens is 4. The number of carbonyl (C=O) groups is 2. The van der Waals surface area contributed by atoms with Gasteiger partial charge >= 0.3 is 5.97 Å². The summed E-state index contributed by atoms with van der Waals surface area (Å²) in [7, 11) is 0. The van der Waals surface area contributed by atoms with Gasteiger partial charge in [0.1, 0.15) is 0 Å². The summed E-state index contributed by atoms with van der Waals surface area (Å²) in [5.41, 5.74) is 1.69. The first kappa shape index (κ1) is 19.2. The third-order valence-corrected chi connectivity index (χ3v) is 4.08. The second kappa shape index (κ2) is 8.85. The van der Waals surface area contributed by atoms with E-state index in [0.29, 0.717) is 5.82 Å². The summed E-state index contributed by atoms with van der Waals surface area (Å²) >= 11 is 0. The van der Waals surface area contributed by atoms with Crippen LogP contribution in [0.4, 0.5) is 0 Å². The maximum Gasteiger partial charge on any atom is 0.305 e. The summed E-state index contributed by atoms with van der Waals surface area (Å²) in [5.74, 6) is -0.422. The molecule has 0 aliphatic rings. The Kier molecular flexibility index (Phi) is 6.05. The van der Waals surface area contributed by atoms with Crippen LogP contribution in [-0.4, -0.2) is 37.1 Å². The maximum absolute atomic E-state index is 12.4. The van der Waals surface area contributed by atoms with Crippen molar-refractivity contribution in [2.24, 2.45) is 0 Å². The zero-order valence-corrected chi connectivity index (χ0v) is 15.2. The van der Waals surface area contributed by atoms with E-state index in [9.17, 15) is 14.7 Å². The predicted octanol–water partition coefficient (Wildman–Crippen LogP) is 2.10. The third kappa shape index (κ3) is 4.97. The van der Waals surface area contributed by atoms with Crippen LogP contribution < -0.4 is 5.32 Å². The summed E-state index contributed by atoms with van der Waals surface area (Å²) in [6.07, 6.45) is 3.24. The van der Waals surface area contributed by atoms with Gasteiger partial charge in [-0.3, -0.25) is 9.59 Å². The molecule has 2 aromatic heterocycles. The van der Waals surface area contributed by atoms with Crippen molar-refractivity contribution in [1.29, 1.82) is 0 Å². The smallest absolute Gasteiger partial charge is 0.305 e. The molecule has 0 spiro atoms. The van der Waals surface area contributed by atoms with E-state index in [0.717, 1.165) is 11.1 Å². The first-order valence-electron chi connectivity index (χ1n) is 8.69. The monoisotopic (exact) mass is 381 g/mol. The molecule has 0 saturated heterocycles. The summed E-state index contributed by atoms with van der Waals surface area (Å²) in [6, 6.07) is 8.44. The zero-order chi connectivity index (χ0) is 19.9. The average Bonchev–Trinajstić information content (AvgIpc) is 3.16. The number of hydrogen-bond donors (Lipinski definition) is 2. The molecule has 2 N–H and O–H groups in total. The molecule has 144 valence electrons. The standard InChI is InChI=1S/C19H19N5O4/c1-12-5-2-3-6-13(12)14(11-17(26)27)22-15(25)7-8-16-23-19(24-28-16)18-20-9-4-10-21-18/h2-6,9-10,14H,7-8,11H2,1H3,(H,22,25)(H,26,27). The van der Waals surface area contributed by atoms with E-state index in [1.54, 1.807) is 18.5 Å². The van der Waals surface area contributed by atoms with Gasteiger partial charge in [-0.25, -0.2) is 9.97 Å². The number of rotatable bonds is 8. The lowest BCUT2D eigenvalue weighted by Crippen LogP contribution is -2.30. The first-order chi connectivity index (χ1) is 13.5.